The fraction of sp³-hybridized carbons (Fsp3) is 0.400. The topological polar surface area (TPSA) is 90.7 Å². The Kier molecular flexibility index (Phi) is 4.03. The Hall–Kier alpha value is -2.06. The van der Waals surface area contributed by atoms with Crippen LogP contribution in [0.15, 0.2) is 27.6 Å². The SMILES string of the molecule is COc1cccc2c1OCC(NS(=O)(=O)c1c(C)noc1C)C2. The third-order valence-corrected chi connectivity index (χ3v) is 5.50. The number of benzene rings is 1. The minimum Gasteiger partial charge on any atom is -0.493 e. The van der Waals surface area contributed by atoms with Crippen LogP contribution in [0.2, 0.25) is 0 Å². The molecule has 2 heterocycles. The zero-order valence-corrected chi connectivity index (χ0v) is 13.9. The van der Waals surface area contributed by atoms with E-state index in [4.69, 9.17) is 14.0 Å². The summed E-state index contributed by atoms with van der Waals surface area (Å²) in [6.45, 7) is 3.41. The predicted molar refractivity (Wildman–Crippen MR) is 82.3 cm³/mol. The van der Waals surface area contributed by atoms with E-state index >= 15 is 0 Å². The molecule has 1 aromatic heterocycles. The van der Waals surface area contributed by atoms with Gasteiger partial charge in [-0.3, -0.25) is 0 Å². The van der Waals surface area contributed by atoms with Crippen molar-refractivity contribution in [2.24, 2.45) is 0 Å². The van der Waals surface area contributed by atoms with E-state index in [0.717, 1.165) is 5.56 Å². The fourth-order valence-corrected chi connectivity index (χ4v) is 4.32. The van der Waals surface area contributed by atoms with Crippen molar-refractivity contribution in [3.05, 3.63) is 35.2 Å². The monoisotopic (exact) mass is 338 g/mol. The molecular formula is C15H18N2O5S. The molecule has 1 N–H and O–H groups in total. The molecule has 23 heavy (non-hydrogen) atoms. The largest absolute Gasteiger partial charge is 0.493 e. The fourth-order valence-electron chi connectivity index (χ4n) is 2.77. The second-order valence-electron chi connectivity index (χ2n) is 5.44. The van der Waals surface area contributed by atoms with Crippen molar-refractivity contribution in [2.45, 2.75) is 31.2 Å². The molecular weight excluding hydrogens is 320 g/mol. The van der Waals surface area contributed by atoms with Crippen LogP contribution in [0.5, 0.6) is 11.5 Å². The third-order valence-electron chi connectivity index (χ3n) is 3.73. The molecule has 0 saturated carbocycles. The Bertz CT molecular complexity index is 809. The number of nitrogens with zero attached hydrogens (tertiary/aromatic N) is 1. The smallest absolute Gasteiger partial charge is 0.246 e. The van der Waals surface area contributed by atoms with E-state index in [1.54, 1.807) is 21.0 Å². The number of hydrogen-bond acceptors (Lipinski definition) is 6. The number of para-hydroxylation sites is 1. The third kappa shape index (κ3) is 2.91. The van der Waals surface area contributed by atoms with Crippen LogP contribution >= 0.6 is 0 Å². The average Bonchev–Trinajstić information content (AvgIpc) is 2.85. The molecule has 0 spiro atoms. The van der Waals surface area contributed by atoms with Crippen molar-refractivity contribution in [2.75, 3.05) is 13.7 Å². The Morgan fingerprint density at radius 3 is 2.78 bits per heavy atom. The first kappa shape index (κ1) is 15.8. The van der Waals surface area contributed by atoms with Crippen molar-refractivity contribution in [3.63, 3.8) is 0 Å². The molecule has 1 unspecified atom stereocenters. The molecule has 0 saturated heterocycles. The van der Waals surface area contributed by atoms with E-state index in [2.05, 4.69) is 9.88 Å². The van der Waals surface area contributed by atoms with Gasteiger partial charge in [0.25, 0.3) is 0 Å². The van der Waals surface area contributed by atoms with Gasteiger partial charge >= 0.3 is 0 Å². The zero-order valence-electron chi connectivity index (χ0n) is 13.1. The molecule has 8 heteroatoms. The van der Waals surface area contributed by atoms with E-state index in [-0.39, 0.29) is 23.3 Å². The van der Waals surface area contributed by atoms with Crippen molar-refractivity contribution in [1.29, 1.82) is 0 Å². The summed E-state index contributed by atoms with van der Waals surface area (Å²) < 4.78 is 43.6. The Morgan fingerprint density at radius 1 is 1.35 bits per heavy atom. The number of ether oxygens (including phenoxy) is 2. The zero-order chi connectivity index (χ0) is 16.6. The maximum absolute atomic E-state index is 12.5. The van der Waals surface area contributed by atoms with Crippen LogP contribution in [0.4, 0.5) is 0 Å². The molecule has 2 aromatic rings. The lowest BCUT2D eigenvalue weighted by Crippen LogP contribution is -2.42. The van der Waals surface area contributed by atoms with Crippen molar-refractivity contribution in [3.8, 4) is 11.5 Å². The standard InChI is InChI=1S/C15H18N2O5S/c1-9-15(10(2)22-16-9)23(18,19)17-12-7-11-5-4-6-13(20-3)14(11)21-8-12/h4-6,12,17H,7-8H2,1-3H3. The Balaban J connectivity index is 1.83. The van der Waals surface area contributed by atoms with E-state index in [1.165, 1.54) is 0 Å². The molecule has 1 aliphatic rings. The first-order valence-electron chi connectivity index (χ1n) is 7.16. The lowest BCUT2D eigenvalue weighted by Gasteiger charge is -2.26. The van der Waals surface area contributed by atoms with Gasteiger partial charge in [0.2, 0.25) is 10.0 Å². The number of hydrogen-bond donors (Lipinski definition) is 1. The molecule has 1 aromatic carbocycles. The van der Waals surface area contributed by atoms with E-state index in [0.29, 0.717) is 23.6 Å². The summed E-state index contributed by atoms with van der Waals surface area (Å²) in [6.07, 6.45) is 0.523. The van der Waals surface area contributed by atoms with Crippen molar-refractivity contribution >= 4 is 10.0 Å². The Morgan fingerprint density at radius 2 is 2.13 bits per heavy atom. The number of sulfonamides is 1. The minimum atomic E-state index is -3.71. The molecule has 0 amide bonds. The molecule has 0 fully saturated rings. The van der Waals surface area contributed by atoms with Crippen LogP contribution in [-0.2, 0) is 16.4 Å². The summed E-state index contributed by atoms with van der Waals surface area (Å²) in [7, 11) is -2.14. The maximum Gasteiger partial charge on any atom is 0.246 e. The van der Waals surface area contributed by atoms with Crippen LogP contribution in [-0.4, -0.2) is 33.3 Å². The molecule has 3 rings (SSSR count). The highest BCUT2D eigenvalue weighted by Crippen LogP contribution is 2.34. The predicted octanol–water partition coefficient (Wildman–Crippen LogP) is 1.58. The van der Waals surface area contributed by atoms with Gasteiger partial charge in [0.1, 0.15) is 17.2 Å². The van der Waals surface area contributed by atoms with Crippen molar-refractivity contribution < 1.29 is 22.4 Å². The second kappa shape index (κ2) is 5.86. The lowest BCUT2D eigenvalue weighted by molar-refractivity contribution is 0.240. The van der Waals surface area contributed by atoms with Crippen LogP contribution in [0, 0.1) is 13.8 Å². The van der Waals surface area contributed by atoms with Gasteiger partial charge in [-0.15, -0.1) is 0 Å². The van der Waals surface area contributed by atoms with Gasteiger partial charge < -0.3 is 14.0 Å². The average molecular weight is 338 g/mol. The molecule has 0 radical (unpaired) electrons. The summed E-state index contributed by atoms with van der Waals surface area (Å²) in [5.74, 6) is 1.59. The van der Waals surface area contributed by atoms with Crippen molar-refractivity contribution in [1.82, 2.24) is 9.88 Å². The van der Waals surface area contributed by atoms with E-state index < -0.39 is 10.0 Å². The maximum atomic E-state index is 12.5. The van der Waals surface area contributed by atoms with Gasteiger partial charge in [-0.1, -0.05) is 17.3 Å². The summed E-state index contributed by atoms with van der Waals surface area (Å²) in [5, 5.41) is 3.69. The molecule has 1 aliphatic heterocycles. The molecule has 0 bridgehead atoms. The highest BCUT2D eigenvalue weighted by molar-refractivity contribution is 7.89. The van der Waals surface area contributed by atoms with Crippen LogP contribution < -0.4 is 14.2 Å². The van der Waals surface area contributed by atoms with E-state index in [9.17, 15) is 8.42 Å². The Labute approximate surface area is 134 Å². The lowest BCUT2D eigenvalue weighted by atomic mass is 10.0. The number of fused-ring (bicyclic) bond motifs is 1. The van der Waals surface area contributed by atoms with Gasteiger partial charge in [-0.05, 0) is 31.9 Å². The summed E-state index contributed by atoms with van der Waals surface area (Å²) in [6, 6.07) is 5.20. The van der Waals surface area contributed by atoms with Gasteiger partial charge in [-0.25, -0.2) is 13.1 Å². The second-order valence-corrected chi connectivity index (χ2v) is 7.09. The van der Waals surface area contributed by atoms with Gasteiger partial charge in [0, 0.05) is 0 Å². The normalized spacial score (nSPS) is 17.4. The van der Waals surface area contributed by atoms with Crippen LogP contribution in [0.1, 0.15) is 17.0 Å². The van der Waals surface area contributed by atoms with Crippen LogP contribution in [0.25, 0.3) is 0 Å². The summed E-state index contributed by atoms with van der Waals surface area (Å²) >= 11 is 0. The number of aryl methyl sites for hydroxylation is 2. The number of rotatable bonds is 4. The highest BCUT2D eigenvalue weighted by Gasteiger charge is 2.30. The minimum absolute atomic E-state index is 0.0916. The number of aromatic nitrogens is 1. The molecule has 1 atom stereocenters. The van der Waals surface area contributed by atoms with Gasteiger partial charge in [0.05, 0.1) is 13.2 Å². The first-order chi connectivity index (χ1) is 10.9. The highest BCUT2D eigenvalue weighted by atomic mass is 32.2. The van der Waals surface area contributed by atoms with Crippen LogP contribution in [0.3, 0.4) is 0 Å². The summed E-state index contributed by atoms with van der Waals surface area (Å²) in [4.78, 5) is 0.0916. The number of nitrogens with one attached hydrogen (secondary N) is 1. The van der Waals surface area contributed by atoms with Gasteiger partial charge in [0.15, 0.2) is 17.3 Å². The molecule has 7 nitrogen and oxygen atoms in total. The quantitative estimate of drug-likeness (QED) is 0.910. The van der Waals surface area contributed by atoms with E-state index in [1.807, 2.05) is 18.2 Å². The number of methoxy groups -OCH3 is 1. The molecule has 124 valence electrons. The molecule has 0 aliphatic carbocycles. The summed E-state index contributed by atoms with van der Waals surface area (Å²) in [5.41, 5.74) is 1.25. The first-order valence-corrected chi connectivity index (χ1v) is 8.64. The van der Waals surface area contributed by atoms with Gasteiger partial charge in [-0.2, -0.15) is 0 Å².